The number of nitrogens with two attached hydrogens (primary N) is 1. The van der Waals surface area contributed by atoms with E-state index in [9.17, 15) is 4.79 Å². The second kappa shape index (κ2) is 4.16. The van der Waals surface area contributed by atoms with Crippen LogP contribution in [0, 0.1) is 6.92 Å². The van der Waals surface area contributed by atoms with Gasteiger partial charge in [0.05, 0.1) is 6.04 Å². The van der Waals surface area contributed by atoms with E-state index in [0.717, 1.165) is 36.2 Å². The lowest BCUT2D eigenvalue weighted by Crippen LogP contribution is -2.28. The van der Waals surface area contributed by atoms with E-state index in [-0.39, 0.29) is 11.9 Å². The van der Waals surface area contributed by atoms with Crippen molar-refractivity contribution in [1.29, 1.82) is 0 Å². The molecule has 1 aromatic rings. The summed E-state index contributed by atoms with van der Waals surface area (Å²) in [5.41, 5.74) is 8.98. The summed E-state index contributed by atoms with van der Waals surface area (Å²) in [5, 5.41) is 0. The Kier molecular flexibility index (Phi) is 2.86. The molecular weight excluding hydrogens is 200 g/mol. The molecule has 1 unspecified atom stereocenters. The van der Waals surface area contributed by atoms with Gasteiger partial charge in [-0.3, -0.25) is 4.79 Å². The van der Waals surface area contributed by atoms with E-state index in [1.165, 1.54) is 0 Å². The van der Waals surface area contributed by atoms with Crippen LogP contribution in [0.2, 0.25) is 0 Å². The third-order valence-electron chi connectivity index (χ3n) is 3.35. The molecular formula is C13H18N2O. The van der Waals surface area contributed by atoms with E-state index < -0.39 is 0 Å². The molecule has 1 atom stereocenters. The smallest absolute Gasteiger partial charge is 0.219 e. The third-order valence-corrected chi connectivity index (χ3v) is 3.35. The zero-order valence-electron chi connectivity index (χ0n) is 9.86. The average Bonchev–Trinajstić information content (AvgIpc) is 2.71. The van der Waals surface area contributed by atoms with Crippen molar-refractivity contribution < 1.29 is 4.79 Å². The highest BCUT2D eigenvalue weighted by molar-refractivity contribution is 5.74. The molecule has 86 valence electrons. The third kappa shape index (κ3) is 1.90. The largest absolute Gasteiger partial charge is 0.399 e. The minimum Gasteiger partial charge on any atom is -0.399 e. The van der Waals surface area contributed by atoms with Crippen molar-refractivity contribution in [3.63, 3.8) is 0 Å². The Bertz CT molecular complexity index is 414. The summed E-state index contributed by atoms with van der Waals surface area (Å²) in [6.45, 7) is 4.50. The Balaban J connectivity index is 2.29. The highest BCUT2D eigenvalue weighted by Crippen LogP contribution is 2.33. The number of hydrogen-bond acceptors (Lipinski definition) is 2. The lowest BCUT2D eigenvalue weighted by atomic mass is 10.0. The van der Waals surface area contributed by atoms with Crippen LogP contribution in [0.3, 0.4) is 0 Å². The van der Waals surface area contributed by atoms with Crippen LogP contribution in [0.1, 0.15) is 36.9 Å². The second-order valence-electron chi connectivity index (χ2n) is 4.49. The lowest BCUT2D eigenvalue weighted by molar-refractivity contribution is -0.129. The van der Waals surface area contributed by atoms with Gasteiger partial charge in [-0.2, -0.15) is 0 Å². The minimum absolute atomic E-state index is 0.154. The number of benzene rings is 1. The van der Waals surface area contributed by atoms with Gasteiger partial charge in [0.15, 0.2) is 0 Å². The summed E-state index contributed by atoms with van der Waals surface area (Å²) < 4.78 is 0. The van der Waals surface area contributed by atoms with Gasteiger partial charge in [-0.05, 0) is 37.0 Å². The van der Waals surface area contributed by atoms with Crippen molar-refractivity contribution in [2.24, 2.45) is 0 Å². The fraction of sp³-hybridized carbons (Fsp3) is 0.462. The zero-order chi connectivity index (χ0) is 11.7. The number of carbonyl (C=O) groups excluding carboxylic acids is 1. The fourth-order valence-electron chi connectivity index (χ4n) is 2.36. The molecule has 1 fully saturated rings. The van der Waals surface area contributed by atoms with Gasteiger partial charge in [-0.25, -0.2) is 0 Å². The van der Waals surface area contributed by atoms with Gasteiger partial charge in [0.25, 0.3) is 0 Å². The Morgan fingerprint density at radius 2 is 2.25 bits per heavy atom. The van der Waals surface area contributed by atoms with Gasteiger partial charge in [0.1, 0.15) is 0 Å². The molecule has 2 N–H and O–H groups in total. The molecule has 0 aromatic heterocycles. The van der Waals surface area contributed by atoms with Gasteiger partial charge in [0.2, 0.25) is 5.91 Å². The number of hydrogen-bond donors (Lipinski definition) is 1. The molecule has 0 aliphatic carbocycles. The van der Waals surface area contributed by atoms with Crippen molar-refractivity contribution in [2.75, 3.05) is 12.3 Å². The summed E-state index contributed by atoms with van der Waals surface area (Å²) in [7, 11) is 0. The molecule has 0 radical (unpaired) electrons. The van der Waals surface area contributed by atoms with Gasteiger partial charge in [-0.15, -0.1) is 0 Å². The molecule has 3 nitrogen and oxygen atoms in total. The first-order valence-corrected chi connectivity index (χ1v) is 5.73. The van der Waals surface area contributed by atoms with E-state index in [1.54, 1.807) is 6.92 Å². The predicted octanol–water partition coefficient (Wildman–Crippen LogP) is 2.26. The van der Waals surface area contributed by atoms with Gasteiger partial charge < -0.3 is 10.6 Å². The number of anilines is 1. The van der Waals surface area contributed by atoms with Gasteiger partial charge in [-0.1, -0.05) is 12.1 Å². The maximum absolute atomic E-state index is 11.5. The van der Waals surface area contributed by atoms with Gasteiger partial charge in [0, 0.05) is 19.2 Å². The maximum Gasteiger partial charge on any atom is 0.219 e. The Labute approximate surface area is 96.2 Å². The van der Waals surface area contributed by atoms with Crippen molar-refractivity contribution in [2.45, 2.75) is 32.7 Å². The molecule has 16 heavy (non-hydrogen) atoms. The number of rotatable bonds is 1. The predicted molar refractivity (Wildman–Crippen MR) is 65.0 cm³/mol. The summed E-state index contributed by atoms with van der Waals surface area (Å²) in [4.78, 5) is 13.4. The molecule has 1 amide bonds. The molecule has 0 bridgehead atoms. The second-order valence-corrected chi connectivity index (χ2v) is 4.49. The molecule has 1 aromatic carbocycles. The van der Waals surface area contributed by atoms with Crippen LogP contribution in [0.15, 0.2) is 18.2 Å². The van der Waals surface area contributed by atoms with Crippen LogP contribution in [-0.4, -0.2) is 17.4 Å². The van der Waals surface area contributed by atoms with Crippen molar-refractivity contribution in [3.05, 3.63) is 29.3 Å². The van der Waals surface area contributed by atoms with Crippen molar-refractivity contribution in [3.8, 4) is 0 Å². The molecule has 3 heteroatoms. The fourth-order valence-corrected chi connectivity index (χ4v) is 2.36. The van der Waals surface area contributed by atoms with Crippen molar-refractivity contribution >= 4 is 11.6 Å². The number of nitrogen functional groups attached to an aromatic ring is 1. The van der Waals surface area contributed by atoms with Crippen LogP contribution in [0.25, 0.3) is 0 Å². The normalized spacial score (nSPS) is 20.1. The summed E-state index contributed by atoms with van der Waals surface area (Å²) in [5.74, 6) is 0.154. The average molecular weight is 218 g/mol. The zero-order valence-corrected chi connectivity index (χ0v) is 9.86. The number of carbonyl (C=O) groups is 1. The van der Waals surface area contributed by atoms with E-state index in [1.807, 2.05) is 24.0 Å². The van der Waals surface area contributed by atoms with E-state index in [4.69, 9.17) is 5.73 Å². The Morgan fingerprint density at radius 1 is 1.50 bits per heavy atom. The first-order chi connectivity index (χ1) is 7.59. The number of likely N-dealkylation sites (tertiary alicyclic amines) is 1. The topological polar surface area (TPSA) is 46.3 Å². The maximum atomic E-state index is 11.5. The molecule has 1 saturated heterocycles. The molecule has 0 spiro atoms. The Hall–Kier alpha value is -1.51. The van der Waals surface area contributed by atoms with Crippen LogP contribution >= 0.6 is 0 Å². The van der Waals surface area contributed by atoms with E-state index >= 15 is 0 Å². The minimum atomic E-state index is 0.154. The van der Waals surface area contributed by atoms with E-state index in [2.05, 4.69) is 6.07 Å². The lowest BCUT2D eigenvalue weighted by Gasteiger charge is -2.24. The summed E-state index contributed by atoms with van der Waals surface area (Å²) >= 11 is 0. The van der Waals surface area contributed by atoms with Crippen LogP contribution < -0.4 is 5.73 Å². The first kappa shape index (κ1) is 11.0. The van der Waals surface area contributed by atoms with E-state index in [0.29, 0.717) is 0 Å². The van der Waals surface area contributed by atoms with Crippen LogP contribution in [0.5, 0.6) is 0 Å². The SMILES string of the molecule is CC(=O)N1CCCC1c1ccc(C)c(N)c1. The number of nitrogens with zero attached hydrogens (tertiary/aromatic N) is 1. The standard InChI is InChI=1S/C13H18N2O/c1-9-5-6-11(8-12(9)14)13-4-3-7-15(13)10(2)16/h5-6,8,13H,3-4,7,14H2,1-2H3. The monoisotopic (exact) mass is 218 g/mol. The quantitative estimate of drug-likeness (QED) is 0.735. The summed E-state index contributed by atoms with van der Waals surface area (Å²) in [6.07, 6.45) is 2.13. The molecule has 2 rings (SSSR count). The van der Waals surface area contributed by atoms with Crippen LogP contribution in [0.4, 0.5) is 5.69 Å². The molecule has 0 saturated carbocycles. The highest BCUT2D eigenvalue weighted by atomic mass is 16.2. The highest BCUT2D eigenvalue weighted by Gasteiger charge is 2.27. The molecule has 1 heterocycles. The summed E-state index contributed by atoms with van der Waals surface area (Å²) in [6, 6.07) is 6.33. The number of amides is 1. The molecule has 1 aliphatic rings. The Morgan fingerprint density at radius 3 is 2.88 bits per heavy atom. The van der Waals surface area contributed by atoms with Gasteiger partial charge >= 0.3 is 0 Å². The molecule has 1 aliphatic heterocycles. The number of aryl methyl sites for hydroxylation is 1. The first-order valence-electron chi connectivity index (χ1n) is 5.73. The van der Waals surface area contributed by atoms with Crippen LogP contribution in [-0.2, 0) is 4.79 Å². The van der Waals surface area contributed by atoms with Crippen molar-refractivity contribution in [1.82, 2.24) is 4.90 Å².